The maximum absolute atomic E-state index is 15.8. The molecule has 0 bridgehead atoms. The Balaban J connectivity index is 0.987. The molecule has 8 N–H and O–H groups in total. The predicted octanol–water partition coefficient (Wildman–Crippen LogP) is 1.57. The minimum absolute atomic E-state index is 0.00543. The molecule has 3 aromatic rings. The van der Waals surface area contributed by atoms with E-state index in [4.69, 9.17) is 37.4 Å². The van der Waals surface area contributed by atoms with E-state index in [1.165, 1.54) is 29.7 Å². The smallest absolute Gasteiger partial charge is 0.404 e. The second kappa shape index (κ2) is 20.8. The molecule has 4 atom stereocenters. The number of amides is 4. The summed E-state index contributed by atoms with van der Waals surface area (Å²) in [6.45, 7) is 2.68. The van der Waals surface area contributed by atoms with Gasteiger partial charge in [0.15, 0.2) is 0 Å². The summed E-state index contributed by atoms with van der Waals surface area (Å²) in [5.74, 6) is -3.76. The molecule has 7 rings (SSSR count). The minimum atomic E-state index is -1.82. The van der Waals surface area contributed by atoms with Gasteiger partial charge in [0.25, 0.3) is 17.5 Å². The van der Waals surface area contributed by atoms with Crippen molar-refractivity contribution in [3.05, 3.63) is 77.8 Å². The lowest BCUT2D eigenvalue weighted by atomic mass is 9.98. The number of β-lactam (4-membered cyclic amide) rings is 1. The van der Waals surface area contributed by atoms with Gasteiger partial charge in [-0.1, -0.05) is 31.0 Å². The van der Waals surface area contributed by atoms with Crippen molar-refractivity contribution < 1.29 is 48.0 Å². The van der Waals surface area contributed by atoms with Crippen molar-refractivity contribution in [1.29, 1.82) is 0 Å². The van der Waals surface area contributed by atoms with Gasteiger partial charge in [-0.25, -0.2) is 14.0 Å². The Hall–Kier alpha value is -4.85. The van der Waals surface area contributed by atoms with Gasteiger partial charge in [-0.05, 0) is 56.0 Å². The summed E-state index contributed by atoms with van der Waals surface area (Å²) in [7, 11) is 1.25. The molecule has 3 aliphatic heterocycles. The molecule has 20 nitrogen and oxygen atoms in total. The van der Waals surface area contributed by atoms with Crippen LogP contribution in [0.3, 0.4) is 0 Å². The van der Waals surface area contributed by atoms with E-state index in [1.807, 2.05) is 17.2 Å². The molecule has 3 fully saturated rings. The third-order valence-electron chi connectivity index (χ3n) is 11.5. The number of pyridine rings is 1. The number of aromatic nitrogens is 1. The zero-order chi connectivity index (χ0) is 46.6. The number of fused-ring (bicyclic) bond motifs is 2. The molecule has 2 aromatic heterocycles. The van der Waals surface area contributed by atoms with Crippen LogP contribution in [0.1, 0.15) is 73.1 Å². The number of thioether (sulfide) groups is 1. The Kier molecular flexibility index (Phi) is 15.4. The van der Waals surface area contributed by atoms with Gasteiger partial charge >= 0.3 is 12.1 Å². The second-order valence-corrected chi connectivity index (χ2v) is 18.6. The van der Waals surface area contributed by atoms with Crippen LogP contribution in [0.25, 0.3) is 10.9 Å². The van der Waals surface area contributed by atoms with E-state index >= 15 is 4.39 Å². The normalized spacial score (nSPS) is 21.4. The summed E-state index contributed by atoms with van der Waals surface area (Å²) < 4.78 is 28.1. The number of hydrogen-bond acceptors (Lipinski definition) is 16. The number of hydrogen-bond donors (Lipinski definition) is 6. The molecule has 24 heteroatoms. The SMILES string of the molecule is CCCN(CCCNC(=O)c1cn(C2CC2)c2c(Cl)c(N3CCCC[C@@H](N)C3)c(F)cc2c1=O)[NH+]([O-])NOC(=O)C1=C(COC(N)=O)CS[C@H]2N1C(=O)[C@]2(NC(=O)Cc1cccs1)OC. The fraction of sp³-hybridized carbons (Fsp3) is 0.512. The molecule has 1 aromatic carbocycles. The van der Waals surface area contributed by atoms with Crippen LogP contribution in [0, 0.1) is 11.0 Å². The number of ether oxygens (including phenoxy) is 2. The fourth-order valence-corrected chi connectivity index (χ4v) is 10.8. The van der Waals surface area contributed by atoms with Gasteiger partial charge in [0.1, 0.15) is 29.1 Å². The van der Waals surface area contributed by atoms with Crippen molar-refractivity contribution in [2.45, 2.75) is 81.5 Å². The van der Waals surface area contributed by atoms with Crippen LogP contribution in [-0.4, -0.2) is 114 Å². The quantitative estimate of drug-likeness (QED) is 0.0431. The lowest BCUT2D eigenvalue weighted by molar-refractivity contribution is -1.03. The molecule has 1 aliphatic carbocycles. The van der Waals surface area contributed by atoms with E-state index in [2.05, 4.69) is 16.2 Å². The van der Waals surface area contributed by atoms with Crippen LogP contribution in [0.2, 0.25) is 5.02 Å². The number of halogens is 2. The van der Waals surface area contributed by atoms with E-state index in [0.29, 0.717) is 25.0 Å². The monoisotopic (exact) mass is 962 g/mol. The van der Waals surface area contributed by atoms with Crippen molar-refractivity contribution in [3.8, 4) is 0 Å². The van der Waals surface area contributed by atoms with Crippen LogP contribution in [0.5, 0.6) is 0 Å². The minimum Gasteiger partial charge on any atom is -0.590 e. The van der Waals surface area contributed by atoms with Crippen LogP contribution in [0.4, 0.5) is 14.9 Å². The van der Waals surface area contributed by atoms with Gasteiger partial charge in [0.05, 0.1) is 34.6 Å². The highest BCUT2D eigenvalue weighted by Crippen LogP contribution is 2.47. The number of anilines is 1. The summed E-state index contributed by atoms with van der Waals surface area (Å²) >= 11 is 9.43. The van der Waals surface area contributed by atoms with Crippen LogP contribution in [-0.2, 0) is 35.1 Å². The van der Waals surface area contributed by atoms with Gasteiger partial charge < -0.3 is 51.1 Å². The number of nitrogens with zero attached hydrogens (tertiary/aromatic N) is 4. The van der Waals surface area contributed by atoms with Gasteiger partial charge in [-0.3, -0.25) is 24.1 Å². The number of benzene rings is 1. The van der Waals surface area contributed by atoms with Crippen LogP contribution >= 0.6 is 34.7 Å². The molecular formula is C41H52ClFN10O10S2. The predicted molar refractivity (Wildman–Crippen MR) is 239 cm³/mol. The topological polar surface area (TPSA) is 260 Å². The van der Waals surface area contributed by atoms with Crippen molar-refractivity contribution >= 4 is 81.1 Å². The second-order valence-electron chi connectivity index (χ2n) is 16.2. The largest absolute Gasteiger partial charge is 0.590 e. The first kappa shape index (κ1) is 48.1. The molecular weight excluding hydrogens is 911 g/mol. The van der Waals surface area contributed by atoms with Crippen LogP contribution < -0.4 is 43.3 Å². The summed E-state index contributed by atoms with van der Waals surface area (Å²) in [5, 5.41) is 20.3. The van der Waals surface area contributed by atoms with Gasteiger partial charge in [-0.2, -0.15) is 5.28 Å². The van der Waals surface area contributed by atoms with Crippen molar-refractivity contribution in [2.75, 3.05) is 57.1 Å². The zero-order valence-electron chi connectivity index (χ0n) is 35.8. The van der Waals surface area contributed by atoms with Gasteiger partial charge in [-0.15, -0.1) is 28.1 Å². The number of thiophene rings is 1. The molecule has 4 aliphatic rings. The Labute approximate surface area is 386 Å². The van der Waals surface area contributed by atoms with Crippen molar-refractivity contribution in [2.24, 2.45) is 11.5 Å². The van der Waals surface area contributed by atoms with E-state index in [-0.39, 0.29) is 83.2 Å². The third-order valence-corrected chi connectivity index (χ3v) is 14.2. The first-order valence-corrected chi connectivity index (χ1v) is 23.6. The van der Waals surface area contributed by atoms with E-state index in [1.54, 1.807) is 16.7 Å². The maximum Gasteiger partial charge on any atom is 0.404 e. The average Bonchev–Trinajstić information content (AvgIpc) is 4.04. The zero-order valence-corrected chi connectivity index (χ0v) is 38.2. The van der Waals surface area contributed by atoms with Crippen molar-refractivity contribution in [1.82, 2.24) is 30.7 Å². The Morgan fingerprint density at radius 2 is 1.95 bits per heavy atom. The highest BCUT2D eigenvalue weighted by Gasteiger charge is 2.67. The molecule has 0 spiro atoms. The summed E-state index contributed by atoms with van der Waals surface area (Å²) in [6, 6.07) is 4.54. The standard InChI is InChI=1S/C41H52ClFN10O10S2/c1-3-13-50(15-7-12-46-36(56)28-20-51(25-10-11-25)33-27(35(28)55)18-29(43)34(31(33)42)49-14-5-4-8-24(44)19-49)53(60)48-63-37(57)32-23(21-62-40(45)59)22-65-39-41(61-2,38(58)52(32)39)47-30(54)17-26-9-6-16-64-26/h6,9,16,18,20,24-25,39,48,53H,3-5,7-8,10-15,17,19,21-22,44H2,1-2H3,(H2,45,59)(H,46,56)(H,47,54)/t24-,39-,41+/m1/s1. The Morgan fingerprint density at radius 1 is 1.17 bits per heavy atom. The first-order valence-electron chi connectivity index (χ1n) is 21.3. The Bertz CT molecular complexity index is 2410. The van der Waals surface area contributed by atoms with Crippen LogP contribution in [0.15, 0.2) is 45.8 Å². The number of quaternary nitrogens is 1. The van der Waals surface area contributed by atoms with Gasteiger partial charge in [0, 0.05) is 73.4 Å². The molecule has 5 heterocycles. The fourth-order valence-electron chi connectivity index (χ4n) is 8.28. The van der Waals surface area contributed by atoms with E-state index in [0.717, 1.165) is 59.7 Å². The number of nitrogens with one attached hydrogen (secondary N) is 4. The maximum atomic E-state index is 15.8. The Morgan fingerprint density at radius 3 is 2.65 bits per heavy atom. The lowest BCUT2D eigenvalue weighted by Gasteiger charge is -2.55. The molecule has 65 heavy (non-hydrogen) atoms. The number of carbonyl (C=O) groups excluding carboxylic acids is 5. The van der Waals surface area contributed by atoms with Gasteiger partial charge in [0.2, 0.25) is 11.3 Å². The first-order chi connectivity index (χ1) is 31.2. The number of methoxy groups -OCH3 is 1. The molecule has 1 unspecified atom stereocenters. The number of carbonyl (C=O) groups is 5. The molecule has 4 amide bonds. The lowest BCUT2D eigenvalue weighted by Crippen LogP contribution is -3.20. The third kappa shape index (κ3) is 10.3. The molecule has 0 radical (unpaired) electrons. The molecule has 2 saturated heterocycles. The average molecular weight is 964 g/mol. The highest BCUT2D eigenvalue weighted by molar-refractivity contribution is 8.00. The number of primary amides is 1. The van der Waals surface area contributed by atoms with E-state index < -0.39 is 64.0 Å². The number of rotatable bonds is 19. The summed E-state index contributed by atoms with van der Waals surface area (Å²) in [5.41, 5.74) is 11.3. The summed E-state index contributed by atoms with van der Waals surface area (Å²) in [4.78, 5) is 88.1. The molecule has 1 saturated carbocycles. The van der Waals surface area contributed by atoms with E-state index in [9.17, 15) is 34.0 Å². The number of nitrogens with two attached hydrogens (primary N) is 2. The molecule has 352 valence electrons. The van der Waals surface area contributed by atoms with Crippen molar-refractivity contribution in [3.63, 3.8) is 0 Å². The highest BCUT2D eigenvalue weighted by atomic mass is 35.5. The summed E-state index contributed by atoms with van der Waals surface area (Å²) in [6.07, 6.45) is 5.20.